The summed E-state index contributed by atoms with van der Waals surface area (Å²) in [6, 6.07) is 25.1. The zero-order chi connectivity index (χ0) is 18.9. The zero-order valence-electron chi connectivity index (χ0n) is 15.4. The van der Waals surface area contributed by atoms with Gasteiger partial charge < -0.3 is 14.8 Å². The molecule has 0 saturated heterocycles. The van der Waals surface area contributed by atoms with Crippen LogP contribution in [-0.2, 0) is 4.79 Å². The standard InChI is InChI=1S/C23H23NO3/c1-2-16-26-21-14-10-20(11-15-21)24-23(25)17-27-22-12-8-19(9-13-22)18-6-4-3-5-7-18/h3-15H,2,16-17H2,1H3,(H,24,25). The highest BCUT2D eigenvalue weighted by Gasteiger charge is 2.05. The monoisotopic (exact) mass is 361 g/mol. The summed E-state index contributed by atoms with van der Waals surface area (Å²) in [5.41, 5.74) is 2.97. The molecule has 0 aromatic heterocycles. The average Bonchev–Trinajstić information content (AvgIpc) is 2.73. The van der Waals surface area contributed by atoms with E-state index in [1.807, 2.05) is 66.7 Å². The van der Waals surface area contributed by atoms with Crippen molar-refractivity contribution in [1.82, 2.24) is 0 Å². The first kappa shape index (κ1) is 18.5. The first-order valence-corrected chi connectivity index (χ1v) is 9.05. The van der Waals surface area contributed by atoms with Gasteiger partial charge in [0, 0.05) is 5.69 Å². The molecule has 0 unspecified atom stereocenters. The van der Waals surface area contributed by atoms with Crippen LogP contribution in [0.15, 0.2) is 78.9 Å². The Bertz CT molecular complexity index is 843. The summed E-state index contributed by atoms with van der Waals surface area (Å²) < 4.78 is 11.1. The summed E-state index contributed by atoms with van der Waals surface area (Å²) >= 11 is 0. The molecule has 27 heavy (non-hydrogen) atoms. The molecule has 0 spiro atoms. The molecule has 138 valence electrons. The second kappa shape index (κ2) is 9.43. The van der Waals surface area contributed by atoms with Gasteiger partial charge in [-0.1, -0.05) is 49.4 Å². The van der Waals surface area contributed by atoms with Gasteiger partial charge in [0.1, 0.15) is 11.5 Å². The quantitative estimate of drug-likeness (QED) is 0.603. The molecular formula is C23H23NO3. The van der Waals surface area contributed by atoms with Crippen LogP contribution in [0.2, 0.25) is 0 Å². The van der Waals surface area contributed by atoms with Gasteiger partial charge in [-0.3, -0.25) is 4.79 Å². The summed E-state index contributed by atoms with van der Waals surface area (Å²) in [6.07, 6.45) is 0.960. The van der Waals surface area contributed by atoms with Crippen molar-refractivity contribution >= 4 is 11.6 Å². The van der Waals surface area contributed by atoms with Crippen LogP contribution in [0.25, 0.3) is 11.1 Å². The molecular weight excluding hydrogens is 338 g/mol. The van der Waals surface area contributed by atoms with E-state index >= 15 is 0 Å². The summed E-state index contributed by atoms with van der Waals surface area (Å²) in [4.78, 5) is 12.1. The van der Waals surface area contributed by atoms with Crippen LogP contribution < -0.4 is 14.8 Å². The van der Waals surface area contributed by atoms with E-state index in [9.17, 15) is 4.79 Å². The van der Waals surface area contributed by atoms with E-state index < -0.39 is 0 Å². The van der Waals surface area contributed by atoms with Crippen LogP contribution >= 0.6 is 0 Å². The van der Waals surface area contributed by atoms with Gasteiger partial charge in [0.05, 0.1) is 6.61 Å². The number of nitrogens with one attached hydrogen (secondary N) is 1. The predicted molar refractivity (Wildman–Crippen MR) is 108 cm³/mol. The van der Waals surface area contributed by atoms with Crippen LogP contribution in [0.5, 0.6) is 11.5 Å². The van der Waals surface area contributed by atoms with Crippen LogP contribution in [0.3, 0.4) is 0 Å². The Morgan fingerprint density at radius 2 is 1.37 bits per heavy atom. The molecule has 0 fully saturated rings. The molecule has 4 heteroatoms. The first-order valence-electron chi connectivity index (χ1n) is 9.05. The van der Waals surface area contributed by atoms with Crippen LogP contribution in [0.4, 0.5) is 5.69 Å². The van der Waals surface area contributed by atoms with Gasteiger partial charge in [-0.2, -0.15) is 0 Å². The van der Waals surface area contributed by atoms with Crippen molar-refractivity contribution < 1.29 is 14.3 Å². The Labute approximate surface area is 159 Å². The first-order chi connectivity index (χ1) is 13.2. The predicted octanol–water partition coefficient (Wildman–Crippen LogP) is 5.16. The molecule has 0 aliphatic rings. The lowest BCUT2D eigenvalue weighted by molar-refractivity contribution is -0.118. The third-order valence-electron chi connectivity index (χ3n) is 3.94. The highest BCUT2D eigenvalue weighted by molar-refractivity contribution is 5.91. The molecule has 4 nitrogen and oxygen atoms in total. The molecule has 3 aromatic carbocycles. The van der Waals surface area contributed by atoms with Gasteiger partial charge in [-0.25, -0.2) is 0 Å². The number of carbonyl (C=O) groups excluding carboxylic acids is 1. The van der Waals surface area contributed by atoms with Crippen molar-refractivity contribution in [2.75, 3.05) is 18.5 Å². The van der Waals surface area contributed by atoms with Gasteiger partial charge in [-0.05, 0) is 53.9 Å². The largest absolute Gasteiger partial charge is 0.494 e. The minimum Gasteiger partial charge on any atom is -0.494 e. The highest BCUT2D eigenvalue weighted by Crippen LogP contribution is 2.22. The molecule has 0 saturated carbocycles. The fourth-order valence-electron chi connectivity index (χ4n) is 2.57. The van der Waals surface area contributed by atoms with Crippen molar-refractivity contribution in [3.05, 3.63) is 78.9 Å². The number of amides is 1. The molecule has 0 atom stereocenters. The van der Waals surface area contributed by atoms with Gasteiger partial charge in [0.2, 0.25) is 0 Å². The maximum Gasteiger partial charge on any atom is 0.262 e. The number of hydrogen-bond acceptors (Lipinski definition) is 3. The van der Waals surface area contributed by atoms with Crippen LogP contribution in [0, 0.1) is 0 Å². The van der Waals surface area contributed by atoms with Crippen LogP contribution in [-0.4, -0.2) is 19.1 Å². The molecule has 0 radical (unpaired) electrons. The average molecular weight is 361 g/mol. The fraction of sp³-hybridized carbons (Fsp3) is 0.174. The van der Waals surface area contributed by atoms with Crippen molar-refractivity contribution in [2.45, 2.75) is 13.3 Å². The molecule has 0 aliphatic carbocycles. The lowest BCUT2D eigenvalue weighted by Crippen LogP contribution is -2.20. The van der Waals surface area contributed by atoms with E-state index in [0.29, 0.717) is 18.0 Å². The second-order valence-corrected chi connectivity index (χ2v) is 6.10. The number of ether oxygens (including phenoxy) is 2. The molecule has 1 N–H and O–H groups in total. The molecule has 0 aliphatic heterocycles. The number of anilines is 1. The second-order valence-electron chi connectivity index (χ2n) is 6.10. The summed E-state index contributed by atoms with van der Waals surface area (Å²) in [6.45, 7) is 2.70. The van der Waals surface area contributed by atoms with Crippen molar-refractivity contribution in [3.8, 4) is 22.6 Å². The van der Waals surface area contributed by atoms with Gasteiger partial charge in [-0.15, -0.1) is 0 Å². The molecule has 1 amide bonds. The number of hydrogen-bond donors (Lipinski definition) is 1. The van der Waals surface area contributed by atoms with E-state index in [0.717, 1.165) is 23.3 Å². The Hall–Kier alpha value is -3.27. The summed E-state index contributed by atoms with van der Waals surface area (Å²) in [5, 5.41) is 2.81. The third-order valence-corrected chi connectivity index (χ3v) is 3.94. The van der Waals surface area contributed by atoms with E-state index in [1.54, 1.807) is 0 Å². The Morgan fingerprint density at radius 1 is 0.778 bits per heavy atom. The van der Waals surface area contributed by atoms with E-state index in [2.05, 4.69) is 24.4 Å². The maximum absolute atomic E-state index is 12.1. The van der Waals surface area contributed by atoms with E-state index in [-0.39, 0.29) is 12.5 Å². The molecule has 0 heterocycles. The Morgan fingerprint density at radius 3 is 2.04 bits per heavy atom. The van der Waals surface area contributed by atoms with Gasteiger partial charge >= 0.3 is 0 Å². The lowest BCUT2D eigenvalue weighted by atomic mass is 10.1. The van der Waals surface area contributed by atoms with E-state index in [1.165, 1.54) is 0 Å². The molecule has 3 aromatic rings. The third kappa shape index (κ3) is 5.61. The van der Waals surface area contributed by atoms with Crippen molar-refractivity contribution in [3.63, 3.8) is 0 Å². The minimum atomic E-state index is -0.204. The number of rotatable bonds is 8. The van der Waals surface area contributed by atoms with Crippen molar-refractivity contribution in [2.24, 2.45) is 0 Å². The maximum atomic E-state index is 12.1. The SMILES string of the molecule is CCCOc1ccc(NC(=O)COc2ccc(-c3ccccc3)cc2)cc1. The van der Waals surface area contributed by atoms with E-state index in [4.69, 9.17) is 9.47 Å². The number of benzene rings is 3. The molecule has 0 bridgehead atoms. The van der Waals surface area contributed by atoms with Gasteiger partial charge in [0.15, 0.2) is 6.61 Å². The lowest BCUT2D eigenvalue weighted by Gasteiger charge is -2.09. The summed E-state index contributed by atoms with van der Waals surface area (Å²) in [7, 11) is 0. The smallest absolute Gasteiger partial charge is 0.262 e. The topological polar surface area (TPSA) is 47.6 Å². The minimum absolute atomic E-state index is 0.0429. The Kier molecular flexibility index (Phi) is 6.47. The zero-order valence-corrected chi connectivity index (χ0v) is 15.4. The Balaban J connectivity index is 1.49. The number of carbonyl (C=O) groups is 1. The molecule has 3 rings (SSSR count). The van der Waals surface area contributed by atoms with Crippen LogP contribution in [0.1, 0.15) is 13.3 Å². The normalized spacial score (nSPS) is 10.3. The highest BCUT2D eigenvalue weighted by atomic mass is 16.5. The van der Waals surface area contributed by atoms with Crippen molar-refractivity contribution in [1.29, 1.82) is 0 Å². The summed E-state index contributed by atoms with van der Waals surface area (Å²) in [5.74, 6) is 1.25. The fourth-order valence-corrected chi connectivity index (χ4v) is 2.57. The van der Waals surface area contributed by atoms with Gasteiger partial charge in [0.25, 0.3) is 5.91 Å².